The summed E-state index contributed by atoms with van der Waals surface area (Å²) in [5, 5.41) is 10.9. The lowest BCUT2D eigenvalue weighted by Gasteiger charge is -2.07. The molecule has 0 radical (unpaired) electrons. The van der Waals surface area contributed by atoms with E-state index in [0.29, 0.717) is 12.2 Å². The Balaban J connectivity index is 1.53. The number of ether oxygens (including phenoxy) is 2. The van der Waals surface area contributed by atoms with Crippen LogP contribution in [0.25, 0.3) is 0 Å². The van der Waals surface area contributed by atoms with Crippen LogP contribution >= 0.6 is 0 Å². The van der Waals surface area contributed by atoms with Crippen LogP contribution < -0.4 is 4.74 Å². The number of carbonyl (C=O) groups is 2. The van der Waals surface area contributed by atoms with E-state index in [9.17, 15) is 19.7 Å². The summed E-state index contributed by atoms with van der Waals surface area (Å²) in [5.41, 5.74) is 0.262. The molecule has 2 aromatic rings. The van der Waals surface area contributed by atoms with E-state index in [4.69, 9.17) is 9.47 Å². The molecule has 0 saturated heterocycles. The highest BCUT2D eigenvalue weighted by Crippen LogP contribution is 2.18. The van der Waals surface area contributed by atoms with Gasteiger partial charge in [-0.15, -0.1) is 0 Å². The number of hydrogen-bond acceptors (Lipinski definition) is 6. The molecule has 0 unspecified atom stereocenters. The van der Waals surface area contributed by atoms with E-state index in [1.165, 1.54) is 120 Å². The fraction of sp³-hybridized carbons (Fsp3) is 0.533. The number of benzene rings is 2. The van der Waals surface area contributed by atoms with Gasteiger partial charge in [0.1, 0.15) is 5.75 Å². The smallest absolute Gasteiger partial charge is 0.343 e. The highest BCUT2D eigenvalue weighted by Gasteiger charge is 2.14. The predicted octanol–water partition coefficient (Wildman–Crippen LogP) is 8.45. The molecule has 0 aliphatic carbocycles. The molecule has 202 valence electrons. The second kappa shape index (κ2) is 18.1. The van der Waals surface area contributed by atoms with Gasteiger partial charge in [-0.25, -0.2) is 9.59 Å². The van der Waals surface area contributed by atoms with E-state index >= 15 is 0 Å². The fourth-order valence-electron chi connectivity index (χ4n) is 4.12. The standard InChI is InChI=1S/C30H41NO6/c1-2-3-4-5-6-7-8-9-10-11-12-13-14-15-23-36-29(32)25-19-21-28(22-20-25)37-30(33)26-17-16-18-27(24-26)31(34)35/h16-22,24H,2-15,23H2,1H3. The van der Waals surface area contributed by atoms with E-state index in [1.54, 1.807) is 0 Å². The summed E-state index contributed by atoms with van der Waals surface area (Å²) in [5.74, 6) is -0.886. The van der Waals surface area contributed by atoms with Crippen molar-refractivity contribution in [3.8, 4) is 5.75 Å². The third kappa shape index (κ3) is 12.5. The lowest BCUT2D eigenvalue weighted by Crippen LogP contribution is -2.09. The maximum Gasteiger partial charge on any atom is 0.343 e. The van der Waals surface area contributed by atoms with Gasteiger partial charge in [-0.05, 0) is 36.8 Å². The minimum atomic E-state index is -0.711. The first kappa shape index (κ1) is 30.0. The summed E-state index contributed by atoms with van der Waals surface area (Å²) in [6.45, 7) is 2.64. The third-order valence-corrected chi connectivity index (χ3v) is 6.32. The van der Waals surface area contributed by atoms with Gasteiger partial charge >= 0.3 is 11.9 Å². The van der Waals surface area contributed by atoms with Crippen LogP contribution in [0.2, 0.25) is 0 Å². The van der Waals surface area contributed by atoms with Gasteiger partial charge in [0, 0.05) is 12.1 Å². The minimum Gasteiger partial charge on any atom is -0.462 e. The molecule has 7 heteroatoms. The van der Waals surface area contributed by atoms with Gasteiger partial charge in [-0.3, -0.25) is 10.1 Å². The summed E-state index contributed by atoms with van der Waals surface area (Å²) in [6, 6.07) is 11.4. The minimum absolute atomic E-state index is 0.0749. The molecule has 0 spiro atoms. The number of nitrogens with zero attached hydrogens (tertiary/aromatic N) is 1. The van der Waals surface area contributed by atoms with Crippen LogP contribution in [0.5, 0.6) is 5.75 Å². The number of non-ortho nitro benzene ring substituents is 1. The highest BCUT2D eigenvalue weighted by molar-refractivity contribution is 5.92. The van der Waals surface area contributed by atoms with Crippen LogP contribution in [0.1, 0.15) is 118 Å². The van der Waals surface area contributed by atoms with Gasteiger partial charge in [-0.2, -0.15) is 0 Å². The van der Waals surface area contributed by atoms with Gasteiger partial charge in [0.05, 0.1) is 22.7 Å². The van der Waals surface area contributed by atoms with E-state index in [0.717, 1.165) is 18.9 Å². The first-order valence-electron chi connectivity index (χ1n) is 13.7. The molecule has 0 heterocycles. The van der Waals surface area contributed by atoms with Gasteiger partial charge in [0.2, 0.25) is 0 Å². The predicted molar refractivity (Wildman–Crippen MR) is 145 cm³/mol. The molecule has 0 fully saturated rings. The van der Waals surface area contributed by atoms with Crippen LogP contribution in [0.15, 0.2) is 48.5 Å². The molecular weight excluding hydrogens is 470 g/mol. The fourth-order valence-corrected chi connectivity index (χ4v) is 4.12. The van der Waals surface area contributed by atoms with Crippen LogP contribution in [-0.2, 0) is 4.74 Å². The average molecular weight is 512 g/mol. The van der Waals surface area contributed by atoms with Crippen LogP contribution in [0, 0.1) is 10.1 Å². The maximum absolute atomic E-state index is 12.2. The topological polar surface area (TPSA) is 95.7 Å². The largest absolute Gasteiger partial charge is 0.462 e. The van der Waals surface area contributed by atoms with Gasteiger partial charge in [0.15, 0.2) is 0 Å². The second-order valence-electron chi connectivity index (χ2n) is 9.45. The van der Waals surface area contributed by atoms with Crippen molar-refractivity contribution in [3.05, 3.63) is 69.8 Å². The van der Waals surface area contributed by atoms with Crippen LogP contribution in [0.3, 0.4) is 0 Å². The number of esters is 2. The zero-order valence-corrected chi connectivity index (χ0v) is 22.1. The van der Waals surface area contributed by atoms with Gasteiger partial charge < -0.3 is 9.47 Å². The Labute approximate surface area is 220 Å². The SMILES string of the molecule is CCCCCCCCCCCCCCCCOC(=O)c1ccc(OC(=O)c2cccc([N+](=O)[O-])c2)cc1. The zero-order valence-electron chi connectivity index (χ0n) is 22.1. The number of nitro groups is 1. The number of hydrogen-bond donors (Lipinski definition) is 0. The number of carbonyl (C=O) groups excluding carboxylic acids is 2. The van der Waals surface area contributed by atoms with Crippen molar-refractivity contribution in [1.29, 1.82) is 0 Å². The van der Waals surface area contributed by atoms with Crippen molar-refractivity contribution in [1.82, 2.24) is 0 Å². The van der Waals surface area contributed by atoms with E-state index in [2.05, 4.69) is 6.92 Å². The first-order chi connectivity index (χ1) is 18.0. The Morgan fingerprint density at radius 1 is 0.703 bits per heavy atom. The van der Waals surface area contributed by atoms with Crippen molar-refractivity contribution in [2.45, 2.75) is 96.8 Å². The third-order valence-electron chi connectivity index (χ3n) is 6.32. The normalized spacial score (nSPS) is 10.7. The summed E-state index contributed by atoms with van der Waals surface area (Å²) >= 11 is 0. The van der Waals surface area contributed by atoms with E-state index in [1.807, 2.05) is 0 Å². The summed E-state index contributed by atoms with van der Waals surface area (Å²) in [7, 11) is 0. The molecule has 2 rings (SSSR count). The monoisotopic (exact) mass is 511 g/mol. The second-order valence-corrected chi connectivity index (χ2v) is 9.45. The van der Waals surface area contributed by atoms with Crippen molar-refractivity contribution in [2.75, 3.05) is 6.61 Å². The molecule has 0 aromatic heterocycles. The Kier molecular flexibility index (Phi) is 14.7. The Hall–Kier alpha value is -3.22. The van der Waals surface area contributed by atoms with Gasteiger partial charge in [-0.1, -0.05) is 96.5 Å². The van der Waals surface area contributed by atoms with E-state index < -0.39 is 16.9 Å². The molecule has 0 aliphatic rings. The molecule has 0 aliphatic heterocycles. The van der Waals surface area contributed by atoms with E-state index in [-0.39, 0.29) is 17.0 Å². The lowest BCUT2D eigenvalue weighted by atomic mass is 10.0. The molecule has 37 heavy (non-hydrogen) atoms. The van der Waals surface area contributed by atoms with Gasteiger partial charge in [0.25, 0.3) is 5.69 Å². The molecule has 0 N–H and O–H groups in total. The molecule has 7 nitrogen and oxygen atoms in total. The van der Waals surface area contributed by atoms with Crippen molar-refractivity contribution in [2.24, 2.45) is 0 Å². The first-order valence-corrected chi connectivity index (χ1v) is 13.7. The van der Waals surface area contributed by atoms with Crippen LogP contribution in [0.4, 0.5) is 5.69 Å². The summed E-state index contributed by atoms with van der Waals surface area (Å²) in [4.78, 5) is 34.8. The molecule has 0 saturated carbocycles. The van der Waals surface area contributed by atoms with Crippen molar-refractivity contribution in [3.63, 3.8) is 0 Å². The lowest BCUT2D eigenvalue weighted by molar-refractivity contribution is -0.384. The maximum atomic E-state index is 12.2. The van der Waals surface area contributed by atoms with Crippen LogP contribution in [-0.4, -0.2) is 23.5 Å². The molecular formula is C30H41NO6. The number of unbranched alkanes of at least 4 members (excludes halogenated alkanes) is 13. The Morgan fingerprint density at radius 2 is 1.24 bits per heavy atom. The molecule has 0 bridgehead atoms. The number of nitro benzene ring substituents is 1. The highest BCUT2D eigenvalue weighted by atomic mass is 16.6. The molecule has 2 aromatic carbocycles. The Morgan fingerprint density at radius 3 is 1.78 bits per heavy atom. The van der Waals surface area contributed by atoms with Crippen molar-refractivity contribution < 1.29 is 24.0 Å². The molecule has 0 amide bonds. The molecule has 0 atom stereocenters. The number of rotatable bonds is 19. The quantitative estimate of drug-likeness (QED) is 0.0617. The Bertz CT molecular complexity index is 957. The summed E-state index contributed by atoms with van der Waals surface area (Å²) in [6.07, 6.45) is 17.9. The average Bonchev–Trinajstić information content (AvgIpc) is 2.91. The van der Waals surface area contributed by atoms with Crippen molar-refractivity contribution >= 4 is 17.6 Å². The summed E-state index contributed by atoms with van der Waals surface area (Å²) < 4.78 is 10.6. The zero-order chi connectivity index (χ0) is 26.7.